The van der Waals surface area contributed by atoms with E-state index in [1.807, 2.05) is 43.5 Å². The van der Waals surface area contributed by atoms with Crippen LogP contribution in [-0.2, 0) is 0 Å². The van der Waals surface area contributed by atoms with Crippen LogP contribution in [0.3, 0.4) is 0 Å². The lowest BCUT2D eigenvalue weighted by atomic mass is 10.1. The first-order valence-corrected chi connectivity index (χ1v) is 5.56. The number of benzene rings is 1. The van der Waals surface area contributed by atoms with Gasteiger partial charge in [0.1, 0.15) is 0 Å². The van der Waals surface area contributed by atoms with Gasteiger partial charge < -0.3 is 10.3 Å². The summed E-state index contributed by atoms with van der Waals surface area (Å²) in [5, 5.41) is 0. The Labute approximate surface area is 101 Å². The van der Waals surface area contributed by atoms with Crippen LogP contribution in [0.25, 0.3) is 5.69 Å². The van der Waals surface area contributed by atoms with E-state index in [1.54, 1.807) is 12.1 Å². The SMILES string of the molecule is Cc1ccc(N)cc1-n1c(C)cc(=O)cc1C. The Kier molecular flexibility index (Phi) is 2.76. The molecule has 0 saturated carbocycles. The lowest BCUT2D eigenvalue weighted by molar-refractivity contribution is 0.914. The molecule has 0 atom stereocenters. The highest BCUT2D eigenvalue weighted by atomic mass is 16.1. The molecular weight excluding hydrogens is 212 g/mol. The average molecular weight is 228 g/mol. The van der Waals surface area contributed by atoms with Crippen LogP contribution in [0.5, 0.6) is 0 Å². The maximum Gasteiger partial charge on any atom is 0.182 e. The summed E-state index contributed by atoms with van der Waals surface area (Å²) in [7, 11) is 0. The van der Waals surface area contributed by atoms with Crippen molar-refractivity contribution < 1.29 is 0 Å². The molecule has 0 saturated heterocycles. The van der Waals surface area contributed by atoms with Crippen LogP contribution in [0.15, 0.2) is 35.1 Å². The zero-order valence-corrected chi connectivity index (χ0v) is 10.3. The molecule has 2 N–H and O–H groups in total. The Balaban J connectivity index is 2.77. The first kappa shape index (κ1) is 11.5. The van der Waals surface area contributed by atoms with E-state index in [2.05, 4.69) is 0 Å². The topological polar surface area (TPSA) is 48.0 Å². The van der Waals surface area contributed by atoms with Crippen LogP contribution in [0, 0.1) is 20.8 Å². The molecule has 3 heteroatoms. The van der Waals surface area contributed by atoms with E-state index in [4.69, 9.17) is 5.73 Å². The van der Waals surface area contributed by atoms with Gasteiger partial charge in [-0.2, -0.15) is 0 Å². The molecule has 2 aromatic rings. The minimum Gasteiger partial charge on any atom is -0.399 e. The highest BCUT2D eigenvalue weighted by molar-refractivity contribution is 5.53. The largest absolute Gasteiger partial charge is 0.399 e. The fourth-order valence-electron chi connectivity index (χ4n) is 2.11. The zero-order chi connectivity index (χ0) is 12.6. The fraction of sp³-hybridized carbons (Fsp3) is 0.214. The molecule has 0 aliphatic carbocycles. The number of nitrogens with two attached hydrogens (primary N) is 1. The molecule has 88 valence electrons. The normalized spacial score (nSPS) is 10.5. The molecule has 0 aliphatic rings. The number of hydrogen-bond acceptors (Lipinski definition) is 2. The van der Waals surface area contributed by atoms with Gasteiger partial charge in [0.2, 0.25) is 0 Å². The number of nitrogens with zero attached hydrogens (tertiary/aromatic N) is 1. The number of aromatic nitrogens is 1. The predicted molar refractivity (Wildman–Crippen MR) is 70.7 cm³/mol. The smallest absolute Gasteiger partial charge is 0.182 e. The number of hydrogen-bond donors (Lipinski definition) is 1. The van der Waals surface area contributed by atoms with Crippen molar-refractivity contribution in [2.24, 2.45) is 0 Å². The third kappa shape index (κ3) is 2.09. The molecule has 0 radical (unpaired) electrons. The number of nitrogen functional groups attached to an aromatic ring is 1. The summed E-state index contributed by atoms with van der Waals surface area (Å²) in [5.41, 5.74) is 10.6. The molecule has 3 nitrogen and oxygen atoms in total. The second-order valence-corrected chi connectivity index (χ2v) is 4.36. The van der Waals surface area contributed by atoms with Crippen LogP contribution < -0.4 is 11.2 Å². The quantitative estimate of drug-likeness (QED) is 0.761. The lowest BCUT2D eigenvalue weighted by Gasteiger charge is -2.17. The van der Waals surface area contributed by atoms with Crippen molar-refractivity contribution in [2.45, 2.75) is 20.8 Å². The van der Waals surface area contributed by atoms with Gasteiger partial charge in [-0.25, -0.2) is 0 Å². The van der Waals surface area contributed by atoms with Gasteiger partial charge in [-0.05, 0) is 38.5 Å². The molecule has 0 bridgehead atoms. The van der Waals surface area contributed by atoms with E-state index in [1.165, 1.54) is 0 Å². The summed E-state index contributed by atoms with van der Waals surface area (Å²) in [4.78, 5) is 11.4. The lowest BCUT2D eigenvalue weighted by Crippen LogP contribution is -2.12. The molecule has 0 unspecified atom stereocenters. The summed E-state index contributed by atoms with van der Waals surface area (Å²) in [6, 6.07) is 9.07. The molecule has 17 heavy (non-hydrogen) atoms. The first-order valence-electron chi connectivity index (χ1n) is 5.56. The molecule has 0 fully saturated rings. The molecule has 0 amide bonds. The number of anilines is 1. The molecule has 2 rings (SSSR count). The summed E-state index contributed by atoms with van der Waals surface area (Å²) in [6.07, 6.45) is 0. The Morgan fingerprint density at radius 2 is 1.59 bits per heavy atom. The Bertz CT molecular complexity index is 600. The van der Waals surface area contributed by atoms with Crippen molar-refractivity contribution in [2.75, 3.05) is 5.73 Å². The van der Waals surface area contributed by atoms with Crippen molar-refractivity contribution >= 4 is 5.69 Å². The standard InChI is InChI=1S/C14H16N2O/c1-9-4-5-12(15)8-14(9)16-10(2)6-13(17)7-11(16)3/h4-8H,15H2,1-3H3. The molecule has 0 aliphatic heterocycles. The van der Waals surface area contributed by atoms with Gasteiger partial charge in [0.25, 0.3) is 0 Å². The van der Waals surface area contributed by atoms with Gasteiger partial charge >= 0.3 is 0 Å². The Morgan fingerprint density at radius 1 is 1.00 bits per heavy atom. The van der Waals surface area contributed by atoms with E-state index in [9.17, 15) is 4.79 Å². The number of aryl methyl sites for hydroxylation is 3. The van der Waals surface area contributed by atoms with Crippen molar-refractivity contribution in [1.29, 1.82) is 0 Å². The van der Waals surface area contributed by atoms with Crippen molar-refractivity contribution in [3.63, 3.8) is 0 Å². The third-order valence-electron chi connectivity index (χ3n) is 2.88. The van der Waals surface area contributed by atoms with Crippen molar-refractivity contribution in [1.82, 2.24) is 4.57 Å². The first-order chi connectivity index (χ1) is 7.99. The van der Waals surface area contributed by atoms with Crippen LogP contribution in [0.2, 0.25) is 0 Å². The van der Waals surface area contributed by atoms with Crippen LogP contribution >= 0.6 is 0 Å². The summed E-state index contributed by atoms with van der Waals surface area (Å²) in [5.74, 6) is 0. The maximum atomic E-state index is 11.4. The average Bonchev–Trinajstić information content (AvgIpc) is 2.21. The highest BCUT2D eigenvalue weighted by Gasteiger charge is 2.07. The van der Waals surface area contributed by atoms with Gasteiger partial charge in [0.05, 0.1) is 5.69 Å². The summed E-state index contributed by atoms with van der Waals surface area (Å²) >= 11 is 0. The molecule has 1 aromatic carbocycles. The van der Waals surface area contributed by atoms with E-state index >= 15 is 0 Å². The third-order valence-corrected chi connectivity index (χ3v) is 2.88. The predicted octanol–water partition coefficient (Wildman–Crippen LogP) is 2.34. The van der Waals surface area contributed by atoms with Crippen LogP contribution in [0.4, 0.5) is 5.69 Å². The Hall–Kier alpha value is -2.03. The van der Waals surface area contributed by atoms with E-state index < -0.39 is 0 Å². The molecule has 1 aromatic heterocycles. The van der Waals surface area contributed by atoms with Crippen molar-refractivity contribution in [3.8, 4) is 5.69 Å². The minimum absolute atomic E-state index is 0.0396. The van der Waals surface area contributed by atoms with Gasteiger partial charge in [-0.3, -0.25) is 4.79 Å². The second kappa shape index (κ2) is 4.09. The Morgan fingerprint density at radius 3 is 2.18 bits per heavy atom. The van der Waals surface area contributed by atoms with Crippen molar-refractivity contribution in [3.05, 3.63) is 57.5 Å². The summed E-state index contributed by atoms with van der Waals surface area (Å²) < 4.78 is 2.05. The molecule has 1 heterocycles. The maximum absolute atomic E-state index is 11.4. The van der Waals surface area contributed by atoms with Crippen LogP contribution in [0.1, 0.15) is 17.0 Å². The number of rotatable bonds is 1. The van der Waals surface area contributed by atoms with E-state index in [0.717, 1.165) is 28.3 Å². The van der Waals surface area contributed by atoms with Gasteiger partial charge in [-0.1, -0.05) is 6.07 Å². The molecular formula is C14H16N2O. The van der Waals surface area contributed by atoms with Gasteiger partial charge in [0.15, 0.2) is 5.43 Å². The fourth-order valence-corrected chi connectivity index (χ4v) is 2.11. The number of pyridine rings is 1. The van der Waals surface area contributed by atoms with E-state index in [-0.39, 0.29) is 5.43 Å². The minimum atomic E-state index is 0.0396. The summed E-state index contributed by atoms with van der Waals surface area (Å²) in [6.45, 7) is 5.89. The second-order valence-electron chi connectivity index (χ2n) is 4.36. The van der Waals surface area contributed by atoms with Gasteiger partial charge in [0, 0.05) is 29.2 Å². The van der Waals surface area contributed by atoms with E-state index in [0.29, 0.717) is 0 Å². The zero-order valence-electron chi connectivity index (χ0n) is 10.3. The monoisotopic (exact) mass is 228 g/mol. The van der Waals surface area contributed by atoms with Crippen LogP contribution in [-0.4, -0.2) is 4.57 Å². The highest BCUT2D eigenvalue weighted by Crippen LogP contribution is 2.20. The van der Waals surface area contributed by atoms with Gasteiger partial charge in [-0.15, -0.1) is 0 Å². The molecule has 0 spiro atoms.